The Morgan fingerprint density at radius 3 is 2.79 bits per heavy atom. The number of hydrogen-bond donors (Lipinski definition) is 0. The number of carbonyl (C=O) groups is 1. The second-order valence-corrected chi connectivity index (χ2v) is 4.49. The topological polar surface area (TPSA) is 74.8 Å². The smallest absolute Gasteiger partial charge is 0.360 e. The van der Waals surface area contributed by atoms with E-state index in [1.54, 1.807) is 17.2 Å². The highest BCUT2D eigenvalue weighted by atomic mass is 16.5. The summed E-state index contributed by atoms with van der Waals surface area (Å²) in [5, 5.41) is 7.96. The molecule has 0 saturated heterocycles. The van der Waals surface area contributed by atoms with E-state index in [4.69, 9.17) is 4.74 Å². The Balaban J connectivity index is 2.20. The van der Waals surface area contributed by atoms with Crippen LogP contribution in [0.25, 0.3) is 0 Å². The number of hydrogen-bond acceptors (Lipinski definition) is 5. The summed E-state index contributed by atoms with van der Waals surface area (Å²) in [4.78, 5) is 15.6. The lowest BCUT2D eigenvalue weighted by Crippen LogP contribution is -2.14. The van der Waals surface area contributed by atoms with Gasteiger partial charge < -0.3 is 9.30 Å². The monoisotopic (exact) mass is 263 g/mol. The first-order valence-electron chi connectivity index (χ1n) is 6.11. The Kier molecular flexibility index (Phi) is 3.94. The van der Waals surface area contributed by atoms with Crippen LogP contribution in [0.15, 0.2) is 18.7 Å². The molecule has 0 unspecified atom stereocenters. The van der Waals surface area contributed by atoms with Crippen molar-refractivity contribution >= 4 is 5.97 Å². The zero-order valence-corrected chi connectivity index (χ0v) is 11.3. The molecule has 0 fully saturated rings. The lowest BCUT2D eigenvalue weighted by atomic mass is 10.1. The van der Waals surface area contributed by atoms with E-state index in [1.807, 2.05) is 24.6 Å². The van der Waals surface area contributed by atoms with Crippen LogP contribution in [0.2, 0.25) is 0 Å². The molecule has 0 saturated carbocycles. The molecule has 2 rings (SSSR count). The fourth-order valence-electron chi connectivity index (χ4n) is 1.93. The highest BCUT2D eigenvalue weighted by molar-refractivity contribution is 5.88. The first-order valence-corrected chi connectivity index (χ1v) is 6.11. The maximum Gasteiger partial charge on any atom is 0.360 e. The number of esters is 1. The van der Waals surface area contributed by atoms with Gasteiger partial charge in [0.2, 0.25) is 0 Å². The Bertz CT molecular complexity index is 544. The van der Waals surface area contributed by atoms with Crippen LogP contribution >= 0.6 is 0 Å². The Labute approximate surface area is 111 Å². The number of nitrogens with zero attached hydrogens (tertiary/aromatic N) is 5. The van der Waals surface area contributed by atoms with Crippen LogP contribution in [-0.4, -0.2) is 37.6 Å². The van der Waals surface area contributed by atoms with Crippen molar-refractivity contribution in [2.45, 2.75) is 32.9 Å². The second kappa shape index (κ2) is 5.64. The van der Waals surface area contributed by atoms with Crippen molar-refractivity contribution in [3.8, 4) is 0 Å². The van der Waals surface area contributed by atoms with E-state index in [-0.39, 0.29) is 5.92 Å². The van der Waals surface area contributed by atoms with Crippen molar-refractivity contribution < 1.29 is 9.53 Å². The number of rotatable bonds is 5. The van der Waals surface area contributed by atoms with Crippen LogP contribution in [0.5, 0.6) is 0 Å². The van der Waals surface area contributed by atoms with Crippen molar-refractivity contribution in [1.82, 2.24) is 24.5 Å². The van der Waals surface area contributed by atoms with Crippen LogP contribution in [-0.2, 0) is 17.8 Å². The normalized spacial score (nSPS) is 10.9. The Morgan fingerprint density at radius 1 is 1.42 bits per heavy atom. The van der Waals surface area contributed by atoms with Crippen LogP contribution in [0.4, 0.5) is 0 Å². The Morgan fingerprint density at radius 2 is 2.21 bits per heavy atom. The minimum Gasteiger partial charge on any atom is -0.464 e. The summed E-state index contributed by atoms with van der Waals surface area (Å²) in [6.07, 6.45) is 5.35. The van der Waals surface area contributed by atoms with Crippen molar-refractivity contribution in [3.63, 3.8) is 0 Å². The average Bonchev–Trinajstić information content (AvgIpc) is 3.04. The molecule has 2 heterocycles. The van der Waals surface area contributed by atoms with Gasteiger partial charge in [-0.25, -0.2) is 14.5 Å². The van der Waals surface area contributed by atoms with E-state index >= 15 is 0 Å². The number of carbonyl (C=O) groups excluding carboxylic acids is 1. The molecule has 0 aliphatic heterocycles. The minimum absolute atomic E-state index is 0.145. The third-order valence-electron chi connectivity index (χ3n) is 2.83. The van der Waals surface area contributed by atoms with Gasteiger partial charge in [0, 0.05) is 18.9 Å². The summed E-state index contributed by atoms with van der Waals surface area (Å²) < 4.78 is 8.42. The van der Waals surface area contributed by atoms with Gasteiger partial charge in [0.25, 0.3) is 0 Å². The lowest BCUT2D eigenvalue weighted by Gasteiger charge is -2.10. The molecule has 0 atom stereocenters. The van der Waals surface area contributed by atoms with E-state index in [2.05, 4.69) is 15.3 Å². The van der Waals surface area contributed by atoms with Crippen LogP contribution in [0, 0.1) is 0 Å². The molecule has 19 heavy (non-hydrogen) atoms. The first kappa shape index (κ1) is 13.3. The van der Waals surface area contributed by atoms with Gasteiger partial charge in [-0.2, -0.15) is 0 Å². The second-order valence-electron chi connectivity index (χ2n) is 4.49. The van der Waals surface area contributed by atoms with Crippen LogP contribution < -0.4 is 0 Å². The van der Waals surface area contributed by atoms with Crippen molar-refractivity contribution in [3.05, 3.63) is 30.1 Å². The largest absolute Gasteiger partial charge is 0.464 e. The van der Waals surface area contributed by atoms with Gasteiger partial charge >= 0.3 is 5.97 Å². The molecular formula is C12H17N5O2. The molecule has 102 valence electrons. The summed E-state index contributed by atoms with van der Waals surface area (Å²) in [5.74, 6) is -0.301. The van der Waals surface area contributed by atoms with Crippen molar-refractivity contribution in [2.24, 2.45) is 0 Å². The van der Waals surface area contributed by atoms with Gasteiger partial charge in [0.1, 0.15) is 0 Å². The SMILES string of the molecule is COC(=O)c1nnn(CCn2ccnc2)c1C(C)C. The highest BCUT2D eigenvalue weighted by Crippen LogP contribution is 2.18. The van der Waals surface area contributed by atoms with Crippen molar-refractivity contribution in [1.29, 1.82) is 0 Å². The van der Waals surface area contributed by atoms with E-state index in [1.165, 1.54) is 7.11 Å². The summed E-state index contributed by atoms with van der Waals surface area (Å²) in [5.41, 5.74) is 1.09. The number of ether oxygens (including phenoxy) is 1. The van der Waals surface area contributed by atoms with E-state index in [0.29, 0.717) is 12.2 Å². The van der Waals surface area contributed by atoms with Gasteiger partial charge in [-0.15, -0.1) is 5.10 Å². The Hall–Kier alpha value is -2.18. The predicted octanol–water partition coefficient (Wildman–Crippen LogP) is 1.08. The standard InChI is InChI=1S/C12H17N5O2/c1-9(2)11-10(12(18)19-3)14-15-17(11)7-6-16-5-4-13-8-16/h4-5,8-9H,6-7H2,1-3H3. The fourth-order valence-corrected chi connectivity index (χ4v) is 1.93. The van der Waals surface area contributed by atoms with E-state index < -0.39 is 5.97 Å². The molecule has 0 N–H and O–H groups in total. The van der Waals surface area contributed by atoms with Gasteiger partial charge in [0.05, 0.1) is 25.7 Å². The average molecular weight is 263 g/mol. The van der Waals surface area contributed by atoms with Gasteiger partial charge in [-0.05, 0) is 5.92 Å². The van der Waals surface area contributed by atoms with E-state index in [0.717, 1.165) is 12.2 Å². The molecule has 0 aliphatic rings. The van der Waals surface area contributed by atoms with Crippen molar-refractivity contribution in [2.75, 3.05) is 7.11 Å². The summed E-state index contributed by atoms with van der Waals surface area (Å²) in [6.45, 7) is 5.36. The number of aryl methyl sites for hydroxylation is 2. The molecule has 0 aromatic carbocycles. The summed E-state index contributed by atoms with van der Waals surface area (Å²) in [6, 6.07) is 0. The molecular weight excluding hydrogens is 246 g/mol. The predicted molar refractivity (Wildman–Crippen MR) is 67.7 cm³/mol. The molecule has 0 aliphatic carbocycles. The third kappa shape index (κ3) is 2.81. The molecule has 0 amide bonds. The van der Waals surface area contributed by atoms with Gasteiger partial charge in [-0.1, -0.05) is 19.1 Å². The maximum atomic E-state index is 11.6. The quantitative estimate of drug-likeness (QED) is 0.755. The van der Waals surface area contributed by atoms with Gasteiger partial charge in [0.15, 0.2) is 5.69 Å². The zero-order valence-electron chi connectivity index (χ0n) is 11.3. The molecule has 2 aromatic rings. The van der Waals surface area contributed by atoms with Crippen LogP contribution in [0.1, 0.15) is 35.9 Å². The molecule has 0 bridgehead atoms. The van der Waals surface area contributed by atoms with Crippen LogP contribution in [0.3, 0.4) is 0 Å². The number of methoxy groups -OCH3 is 1. The zero-order chi connectivity index (χ0) is 13.8. The summed E-state index contributed by atoms with van der Waals surface area (Å²) in [7, 11) is 1.34. The van der Waals surface area contributed by atoms with E-state index in [9.17, 15) is 4.79 Å². The molecule has 7 heteroatoms. The van der Waals surface area contributed by atoms with Gasteiger partial charge in [-0.3, -0.25) is 0 Å². The fraction of sp³-hybridized carbons (Fsp3) is 0.500. The molecule has 7 nitrogen and oxygen atoms in total. The molecule has 2 aromatic heterocycles. The first-order chi connectivity index (χ1) is 9.13. The molecule has 0 spiro atoms. The molecule has 0 radical (unpaired) electrons. The third-order valence-corrected chi connectivity index (χ3v) is 2.83. The summed E-state index contributed by atoms with van der Waals surface area (Å²) >= 11 is 0. The highest BCUT2D eigenvalue weighted by Gasteiger charge is 2.22. The number of aromatic nitrogens is 5. The lowest BCUT2D eigenvalue weighted by molar-refractivity contribution is 0.0592. The minimum atomic E-state index is -0.447. The number of imidazole rings is 1. The maximum absolute atomic E-state index is 11.6.